The number of hydrogen-bond acceptors (Lipinski definition) is 6. The van der Waals surface area contributed by atoms with Gasteiger partial charge in [-0.3, -0.25) is 4.79 Å². The highest BCUT2D eigenvalue weighted by Gasteiger charge is 2.06. The van der Waals surface area contributed by atoms with Crippen LogP contribution in [0.25, 0.3) is 6.08 Å². The molecule has 1 amide bonds. The molecule has 31 heavy (non-hydrogen) atoms. The Morgan fingerprint density at radius 2 is 1.90 bits per heavy atom. The number of ether oxygens (including phenoxy) is 3. The van der Waals surface area contributed by atoms with Crippen molar-refractivity contribution in [3.05, 3.63) is 65.2 Å². The Morgan fingerprint density at radius 1 is 1.13 bits per heavy atom. The van der Waals surface area contributed by atoms with Crippen molar-refractivity contribution >= 4 is 18.0 Å². The molecule has 1 N–H and O–H groups in total. The molecule has 0 unspecified atom stereocenters. The summed E-state index contributed by atoms with van der Waals surface area (Å²) >= 11 is 0. The molecule has 0 heterocycles. The molecule has 0 aliphatic heterocycles. The highest BCUT2D eigenvalue weighted by atomic mass is 16.5. The summed E-state index contributed by atoms with van der Waals surface area (Å²) in [6.45, 7) is 2.28. The Labute approximate surface area is 182 Å². The zero-order valence-corrected chi connectivity index (χ0v) is 17.7. The number of hydrogen-bond donors (Lipinski definition) is 1. The third kappa shape index (κ3) is 8.62. The molecule has 2 rings (SSSR count). The number of benzene rings is 2. The van der Waals surface area contributed by atoms with Crippen LogP contribution in [-0.2, 0) is 20.7 Å². The van der Waals surface area contributed by atoms with Gasteiger partial charge in [0, 0.05) is 12.5 Å². The zero-order chi connectivity index (χ0) is 22.5. The van der Waals surface area contributed by atoms with E-state index in [4.69, 9.17) is 19.5 Å². The van der Waals surface area contributed by atoms with Crippen molar-refractivity contribution in [2.24, 2.45) is 0 Å². The van der Waals surface area contributed by atoms with Gasteiger partial charge in [0.1, 0.15) is 12.7 Å². The molecule has 0 aromatic heterocycles. The van der Waals surface area contributed by atoms with Gasteiger partial charge in [0.25, 0.3) is 0 Å². The Bertz CT molecular complexity index is 945. The number of carbonyl (C=O) groups is 2. The second-order valence-electron chi connectivity index (χ2n) is 6.69. The fourth-order valence-electron chi connectivity index (χ4n) is 2.67. The summed E-state index contributed by atoms with van der Waals surface area (Å²) in [5, 5.41) is 11.3. The first-order valence-corrected chi connectivity index (χ1v) is 9.86. The lowest BCUT2D eigenvalue weighted by Gasteiger charge is -2.08. The average Bonchev–Trinajstić information content (AvgIpc) is 2.79. The quantitative estimate of drug-likeness (QED) is 0.339. The van der Waals surface area contributed by atoms with Crippen molar-refractivity contribution in [3.8, 4) is 17.6 Å². The Balaban J connectivity index is 1.69. The first-order chi connectivity index (χ1) is 15.0. The van der Waals surface area contributed by atoms with Gasteiger partial charge in [0.2, 0.25) is 5.91 Å². The first kappa shape index (κ1) is 23.5. The standard InChI is InChI=1S/C24H26N2O5/c1-18-3-5-19(6-4-18)8-11-23(27)26-14-16-31-24(28)12-9-20-7-10-21(30-15-13-25)22(17-20)29-2/h3-7,9-10,12,17H,8,11,14-16H2,1-2H3,(H,26,27)/b12-9+. The van der Waals surface area contributed by atoms with Gasteiger partial charge in [0.15, 0.2) is 18.1 Å². The lowest BCUT2D eigenvalue weighted by molar-refractivity contribution is -0.138. The van der Waals surface area contributed by atoms with E-state index in [0.29, 0.717) is 29.9 Å². The van der Waals surface area contributed by atoms with Crippen LogP contribution in [0.2, 0.25) is 0 Å². The van der Waals surface area contributed by atoms with Crippen LogP contribution in [0.1, 0.15) is 23.1 Å². The van der Waals surface area contributed by atoms with Crippen LogP contribution in [0.5, 0.6) is 11.5 Å². The minimum absolute atomic E-state index is 0.0830. The SMILES string of the molecule is COc1cc(/C=C/C(=O)OCCNC(=O)CCc2ccc(C)cc2)ccc1OCC#N. The number of aryl methyl sites for hydroxylation is 2. The second-order valence-corrected chi connectivity index (χ2v) is 6.69. The first-order valence-electron chi connectivity index (χ1n) is 9.86. The number of rotatable bonds is 11. The lowest BCUT2D eigenvalue weighted by atomic mass is 10.1. The lowest BCUT2D eigenvalue weighted by Crippen LogP contribution is -2.28. The largest absolute Gasteiger partial charge is 0.493 e. The summed E-state index contributed by atoms with van der Waals surface area (Å²) in [4.78, 5) is 23.7. The van der Waals surface area contributed by atoms with Crippen LogP contribution in [0.15, 0.2) is 48.5 Å². The molecule has 0 spiro atoms. The van der Waals surface area contributed by atoms with E-state index in [1.54, 1.807) is 24.3 Å². The van der Waals surface area contributed by atoms with E-state index in [0.717, 1.165) is 5.56 Å². The van der Waals surface area contributed by atoms with Crippen LogP contribution < -0.4 is 14.8 Å². The highest BCUT2D eigenvalue weighted by molar-refractivity contribution is 5.87. The third-order valence-corrected chi connectivity index (χ3v) is 4.32. The Kier molecular flexibility index (Phi) is 9.63. The summed E-state index contributed by atoms with van der Waals surface area (Å²) in [5.41, 5.74) is 3.01. The van der Waals surface area contributed by atoms with E-state index in [1.807, 2.05) is 37.3 Å². The van der Waals surface area contributed by atoms with Gasteiger partial charge in [-0.15, -0.1) is 0 Å². The topological polar surface area (TPSA) is 97.7 Å². The van der Waals surface area contributed by atoms with Gasteiger partial charge in [-0.1, -0.05) is 35.9 Å². The molecule has 2 aromatic rings. The summed E-state index contributed by atoms with van der Waals surface area (Å²) in [5.74, 6) is 0.302. The number of amides is 1. The second kappa shape index (κ2) is 12.7. The maximum absolute atomic E-state index is 11.9. The van der Waals surface area contributed by atoms with Crippen molar-refractivity contribution in [1.29, 1.82) is 5.26 Å². The maximum Gasteiger partial charge on any atom is 0.330 e. The normalized spacial score (nSPS) is 10.4. The van der Waals surface area contributed by atoms with E-state index >= 15 is 0 Å². The molecule has 0 bridgehead atoms. The number of carbonyl (C=O) groups excluding carboxylic acids is 2. The predicted octanol–water partition coefficient (Wildman–Crippen LogP) is 3.21. The van der Waals surface area contributed by atoms with Crippen molar-refractivity contribution in [2.75, 3.05) is 26.9 Å². The minimum Gasteiger partial charge on any atom is -0.493 e. The molecule has 0 fully saturated rings. The number of esters is 1. The van der Waals surface area contributed by atoms with E-state index in [2.05, 4.69) is 5.32 Å². The summed E-state index contributed by atoms with van der Waals surface area (Å²) in [7, 11) is 1.49. The van der Waals surface area contributed by atoms with E-state index in [1.165, 1.54) is 18.7 Å². The van der Waals surface area contributed by atoms with E-state index in [9.17, 15) is 9.59 Å². The smallest absolute Gasteiger partial charge is 0.330 e. The molecule has 162 valence electrons. The van der Waals surface area contributed by atoms with E-state index in [-0.39, 0.29) is 25.7 Å². The van der Waals surface area contributed by atoms with Crippen LogP contribution in [-0.4, -0.2) is 38.7 Å². The fraction of sp³-hybridized carbons (Fsp3) is 0.292. The van der Waals surface area contributed by atoms with Crippen LogP contribution >= 0.6 is 0 Å². The Hall–Kier alpha value is -3.79. The molecule has 0 radical (unpaired) electrons. The number of methoxy groups -OCH3 is 1. The molecule has 2 aromatic carbocycles. The highest BCUT2D eigenvalue weighted by Crippen LogP contribution is 2.28. The van der Waals surface area contributed by atoms with Gasteiger partial charge in [-0.05, 0) is 42.7 Å². The molecule has 0 aliphatic rings. The number of nitrogens with zero attached hydrogens (tertiary/aromatic N) is 1. The van der Waals surface area contributed by atoms with Crippen molar-refractivity contribution in [2.45, 2.75) is 19.8 Å². The van der Waals surface area contributed by atoms with Crippen molar-refractivity contribution in [3.63, 3.8) is 0 Å². The van der Waals surface area contributed by atoms with Crippen LogP contribution in [0.4, 0.5) is 0 Å². The van der Waals surface area contributed by atoms with Crippen LogP contribution in [0, 0.1) is 18.3 Å². The van der Waals surface area contributed by atoms with Gasteiger partial charge < -0.3 is 19.5 Å². The molecular weight excluding hydrogens is 396 g/mol. The van der Waals surface area contributed by atoms with Crippen LogP contribution in [0.3, 0.4) is 0 Å². The minimum atomic E-state index is -0.516. The van der Waals surface area contributed by atoms with Crippen molar-refractivity contribution in [1.82, 2.24) is 5.32 Å². The summed E-state index contributed by atoms with van der Waals surface area (Å²) in [6.07, 6.45) is 3.92. The fourth-order valence-corrected chi connectivity index (χ4v) is 2.67. The molecule has 0 atom stereocenters. The van der Waals surface area contributed by atoms with Crippen molar-refractivity contribution < 1.29 is 23.8 Å². The monoisotopic (exact) mass is 422 g/mol. The van der Waals surface area contributed by atoms with Gasteiger partial charge in [-0.2, -0.15) is 5.26 Å². The molecule has 0 saturated heterocycles. The third-order valence-electron chi connectivity index (χ3n) is 4.32. The van der Waals surface area contributed by atoms with E-state index < -0.39 is 5.97 Å². The molecule has 0 aliphatic carbocycles. The molecule has 0 saturated carbocycles. The summed E-state index contributed by atoms with van der Waals surface area (Å²) < 4.78 is 15.6. The zero-order valence-electron chi connectivity index (χ0n) is 17.7. The van der Waals surface area contributed by atoms with Gasteiger partial charge in [0.05, 0.1) is 13.7 Å². The average molecular weight is 422 g/mol. The number of nitrogens with one attached hydrogen (secondary N) is 1. The summed E-state index contributed by atoms with van der Waals surface area (Å²) in [6, 6.07) is 15.0. The molecule has 7 nitrogen and oxygen atoms in total. The molecule has 7 heteroatoms. The number of nitriles is 1. The molecular formula is C24H26N2O5. The Morgan fingerprint density at radius 3 is 2.61 bits per heavy atom. The maximum atomic E-state index is 11.9. The predicted molar refractivity (Wildman–Crippen MR) is 117 cm³/mol. The van der Waals surface area contributed by atoms with Gasteiger partial charge in [-0.25, -0.2) is 4.79 Å². The van der Waals surface area contributed by atoms with Gasteiger partial charge >= 0.3 is 5.97 Å².